The summed E-state index contributed by atoms with van der Waals surface area (Å²) in [6.07, 6.45) is 1.82. The number of aromatic nitrogens is 3. The molecule has 0 radical (unpaired) electrons. The first-order chi connectivity index (χ1) is 5.70. The summed E-state index contributed by atoms with van der Waals surface area (Å²) in [7, 11) is 0. The van der Waals surface area contributed by atoms with Gasteiger partial charge in [0.15, 0.2) is 5.65 Å². The molecule has 0 aromatic carbocycles. The topological polar surface area (TPSA) is 30.2 Å². The second-order valence-corrected chi connectivity index (χ2v) is 3.03. The van der Waals surface area contributed by atoms with E-state index in [0.29, 0.717) is 0 Å². The van der Waals surface area contributed by atoms with Crippen LogP contribution in [0.2, 0.25) is 0 Å². The summed E-state index contributed by atoms with van der Waals surface area (Å²) in [5.41, 5.74) is 4.30. The Bertz CT molecular complexity index is 429. The summed E-state index contributed by atoms with van der Waals surface area (Å²) in [4.78, 5) is 4.26. The van der Waals surface area contributed by atoms with Crippen LogP contribution in [0.4, 0.5) is 0 Å². The molecule has 2 rings (SSSR count). The molecule has 62 valence electrons. The van der Waals surface area contributed by atoms with Gasteiger partial charge in [-0.25, -0.2) is 9.50 Å². The van der Waals surface area contributed by atoms with E-state index in [0.717, 1.165) is 17.0 Å². The van der Waals surface area contributed by atoms with Gasteiger partial charge in [0.05, 0.1) is 5.69 Å². The maximum absolute atomic E-state index is 4.37. The molecule has 0 aliphatic heterocycles. The van der Waals surface area contributed by atoms with Gasteiger partial charge in [0.2, 0.25) is 0 Å². The summed E-state index contributed by atoms with van der Waals surface area (Å²) in [5.74, 6) is 0. The van der Waals surface area contributed by atoms with Crippen molar-refractivity contribution < 1.29 is 0 Å². The normalized spacial score (nSPS) is 10.9. The van der Waals surface area contributed by atoms with Crippen molar-refractivity contribution >= 4 is 5.65 Å². The van der Waals surface area contributed by atoms with Crippen molar-refractivity contribution in [1.82, 2.24) is 14.6 Å². The van der Waals surface area contributed by atoms with Crippen LogP contribution in [0, 0.1) is 20.8 Å². The van der Waals surface area contributed by atoms with Crippen LogP contribution >= 0.6 is 0 Å². The highest BCUT2D eigenvalue weighted by Gasteiger charge is 2.05. The molecule has 0 amide bonds. The average molecular weight is 161 g/mol. The molecule has 0 atom stereocenters. The lowest BCUT2D eigenvalue weighted by molar-refractivity contribution is 0.877. The van der Waals surface area contributed by atoms with Crippen molar-refractivity contribution in [2.75, 3.05) is 0 Å². The van der Waals surface area contributed by atoms with Crippen molar-refractivity contribution in [3.05, 3.63) is 29.2 Å². The molecule has 2 aromatic heterocycles. The van der Waals surface area contributed by atoms with Gasteiger partial charge in [0.1, 0.15) is 0 Å². The van der Waals surface area contributed by atoms with Crippen molar-refractivity contribution in [2.24, 2.45) is 0 Å². The van der Waals surface area contributed by atoms with Crippen molar-refractivity contribution in [2.45, 2.75) is 20.8 Å². The standard InChI is InChI=1S/C9H11N3/c1-6-4-5-10-9-7(2)8(3)11-12(6)9/h4-5H,1-3H3. The second kappa shape index (κ2) is 2.30. The molecule has 2 heterocycles. The molecule has 0 aliphatic carbocycles. The zero-order valence-corrected chi connectivity index (χ0v) is 7.50. The van der Waals surface area contributed by atoms with E-state index in [1.165, 1.54) is 5.56 Å². The summed E-state index contributed by atoms with van der Waals surface area (Å²) in [6, 6.07) is 1.96. The molecule has 0 saturated carbocycles. The van der Waals surface area contributed by atoms with E-state index >= 15 is 0 Å². The Morgan fingerprint density at radius 1 is 1.25 bits per heavy atom. The van der Waals surface area contributed by atoms with E-state index in [2.05, 4.69) is 10.1 Å². The molecule has 0 N–H and O–H groups in total. The van der Waals surface area contributed by atoms with E-state index in [1.54, 1.807) is 0 Å². The monoisotopic (exact) mass is 161 g/mol. The summed E-state index contributed by atoms with van der Waals surface area (Å²) < 4.78 is 1.88. The van der Waals surface area contributed by atoms with Gasteiger partial charge in [-0.2, -0.15) is 5.10 Å². The van der Waals surface area contributed by atoms with Gasteiger partial charge >= 0.3 is 0 Å². The highest BCUT2D eigenvalue weighted by Crippen LogP contribution is 2.11. The van der Waals surface area contributed by atoms with Crippen LogP contribution in [0.1, 0.15) is 17.0 Å². The minimum atomic E-state index is 0.965. The fourth-order valence-corrected chi connectivity index (χ4v) is 1.28. The highest BCUT2D eigenvalue weighted by atomic mass is 15.3. The zero-order valence-electron chi connectivity index (χ0n) is 7.50. The average Bonchev–Trinajstić information content (AvgIpc) is 2.32. The smallest absolute Gasteiger partial charge is 0.158 e. The first kappa shape index (κ1) is 7.28. The number of rotatable bonds is 0. The lowest BCUT2D eigenvalue weighted by Gasteiger charge is -1.95. The Labute approximate surface area is 71.1 Å². The molecule has 0 spiro atoms. The number of fused-ring (bicyclic) bond motifs is 1. The Balaban J connectivity index is 2.95. The minimum absolute atomic E-state index is 0.965. The van der Waals surface area contributed by atoms with Crippen LogP contribution < -0.4 is 0 Å². The van der Waals surface area contributed by atoms with E-state index in [-0.39, 0.29) is 0 Å². The molecular formula is C9H11N3. The third-order valence-electron chi connectivity index (χ3n) is 2.18. The molecule has 3 nitrogen and oxygen atoms in total. The van der Waals surface area contributed by atoms with Crippen LogP contribution in [0.3, 0.4) is 0 Å². The predicted octanol–water partition coefficient (Wildman–Crippen LogP) is 1.65. The molecular weight excluding hydrogens is 150 g/mol. The van der Waals surface area contributed by atoms with Gasteiger partial charge in [0.25, 0.3) is 0 Å². The Morgan fingerprint density at radius 2 is 2.00 bits per heavy atom. The molecule has 0 fully saturated rings. The SMILES string of the molecule is Cc1nn2c(C)ccnc2c1C. The summed E-state index contributed by atoms with van der Waals surface area (Å²) in [6.45, 7) is 6.08. The Morgan fingerprint density at radius 3 is 2.67 bits per heavy atom. The predicted molar refractivity (Wildman–Crippen MR) is 47.2 cm³/mol. The molecule has 0 saturated heterocycles. The van der Waals surface area contributed by atoms with Gasteiger partial charge in [-0.3, -0.25) is 0 Å². The van der Waals surface area contributed by atoms with E-state index in [1.807, 2.05) is 37.5 Å². The minimum Gasteiger partial charge on any atom is -0.237 e. The van der Waals surface area contributed by atoms with Gasteiger partial charge in [0, 0.05) is 17.5 Å². The summed E-state index contributed by atoms with van der Waals surface area (Å²) in [5, 5.41) is 4.37. The van der Waals surface area contributed by atoms with Crippen LogP contribution in [0.25, 0.3) is 5.65 Å². The fourth-order valence-electron chi connectivity index (χ4n) is 1.28. The lowest BCUT2D eigenvalue weighted by Crippen LogP contribution is -1.94. The third-order valence-corrected chi connectivity index (χ3v) is 2.18. The molecule has 0 unspecified atom stereocenters. The highest BCUT2D eigenvalue weighted by molar-refractivity contribution is 5.49. The van der Waals surface area contributed by atoms with Crippen molar-refractivity contribution in [3.63, 3.8) is 0 Å². The second-order valence-electron chi connectivity index (χ2n) is 3.03. The number of nitrogens with zero attached hydrogens (tertiary/aromatic N) is 3. The largest absolute Gasteiger partial charge is 0.237 e. The van der Waals surface area contributed by atoms with E-state index in [4.69, 9.17) is 0 Å². The molecule has 0 bridgehead atoms. The fraction of sp³-hybridized carbons (Fsp3) is 0.333. The number of hydrogen-bond acceptors (Lipinski definition) is 2. The summed E-state index contributed by atoms with van der Waals surface area (Å²) >= 11 is 0. The first-order valence-corrected chi connectivity index (χ1v) is 3.97. The molecule has 2 aromatic rings. The van der Waals surface area contributed by atoms with Crippen molar-refractivity contribution in [1.29, 1.82) is 0 Å². The van der Waals surface area contributed by atoms with Gasteiger partial charge in [-0.15, -0.1) is 0 Å². The Hall–Kier alpha value is -1.38. The third kappa shape index (κ3) is 0.826. The maximum atomic E-state index is 4.37. The van der Waals surface area contributed by atoms with Gasteiger partial charge in [-0.1, -0.05) is 0 Å². The number of hydrogen-bond donors (Lipinski definition) is 0. The van der Waals surface area contributed by atoms with Gasteiger partial charge < -0.3 is 0 Å². The molecule has 12 heavy (non-hydrogen) atoms. The molecule has 0 aliphatic rings. The quantitative estimate of drug-likeness (QED) is 0.588. The molecule has 3 heteroatoms. The number of aryl methyl sites for hydroxylation is 3. The Kier molecular flexibility index (Phi) is 1.40. The van der Waals surface area contributed by atoms with Crippen LogP contribution in [-0.4, -0.2) is 14.6 Å². The van der Waals surface area contributed by atoms with Crippen LogP contribution in [0.15, 0.2) is 12.3 Å². The van der Waals surface area contributed by atoms with Gasteiger partial charge in [-0.05, 0) is 26.8 Å². The van der Waals surface area contributed by atoms with Crippen LogP contribution in [0.5, 0.6) is 0 Å². The van der Waals surface area contributed by atoms with E-state index < -0.39 is 0 Å². The van der Waals surface area contributed by atoms with Crippen molar-refractivity contribution in [3.8, 4) is 0 Å². The maximum Gasteiger partial charge on any atom is 0.158 e. The van der Waals surface area contributed by atoms with Crippen LogP contribution in [-0.2, 0) is 0 Å². The lowest BCUT2D eigenvalue weighted by atomic mass is 10.3. The van der Waals surface area contributed by atoms with E-state index in [9.17, 15) is 0 Å². The first-order valence-electron chi connectivity index (χ1n) is 3.97. The zero-order chi connectivity index (χ0) is 8.72.